The molecule has 6 heteroatoms. The number of nitrogens with one attached hydrogen (secondary N) is 3. The van der Waals surface area contributed by atoms with Crippen molar-refractivity contribution in [1.82, 2.24) is 15.3 Å². The van der Waals surface area contributed by atoms with Gasteiger partial charge in [-0.15, -0.1) is 0 Å². The molecule has 0 radical (unpaired) electrons. The summed E-state index contributed by atoms with van der Waals surface area (Å²) in [5, 5.41) is 11.1. The number of aliphatic hydroxyl groups is 1. The molecule has 1 heterocycles. The molecule has 0 amide bonds. The van der Waals surface area contributed by atoms with E-state index >= 15 is 0 Å². The minimum Gasteiger partial charge on any atom is -0.494 e. The molecule has 0 spiro atoms. The van der Waals surface area contributed by atoms with Crippen molar-refractivity contribution in [2.24, 2.45) is 0 Å². The number of hydrogen-bond donors (Lipinski definition) is 4. The summed E-state index contributed by atoms with van der Waals surface area (Å²) in [5.41, 5.74) is -1.26. The van der Waals surface area contributed by atoms with Gasteiger partial charge in [0.25, 0.3) is 11.1 Å². The molecule has 0 aliphatic carbocycles. The van der Waals surface area contributed by atoms with Crippen molar-refractivity contribution < 1.29 is 5.11 Å². The van der Waals surface area contributed by atoms with E-state index in [0.717, 1.165) is 0 Å². The maximum Gasteiger partial charge on any atom is 0.267 e. The molecule has 1 aromatic heterocycles. The summed E-state index contributed by atoms with van der Waals surface area (Å²) in [5.74, 6) is -0.470. The molecule has 0 fully saturated rings. The zero-order chi connectivity index (χ0) is 10.0. The second kappa shape index (κ2) is 3.18. The zero-order valence-corrected chi connectivity index (χ0v) is 6.97. The van der Waals surface area contributed by atoms with Gasteiger partial charge in [0.15, 0.2) is 5.22 Å². The Morgan fingerprint density at radius 3 is 2.23 bits per heavy atom. The average Bonchev–Trinajstić information content (AvgIpc) is 2.02. The van der Waals surface area contributed by atoms with Crippen LogP contribution in [0.5, 0.6) is 0 Å². The summed E-state index contributed by atoms with van der Waals surface area (Å²) >= 11 is 0. The largest absolute Gasteiger partial charge is 0.494 e. The molecule has 0 bridgehead atoms. The Morgan fingerprint density at radius 1 is 1.38 bits per heavy atom. The zero-order valence-electron chi connectivity index (χ0n) is 6.97. The van der Waals surface area contributed by atoms with E-state index in [2.05, 4.69) is 21.9 Å². The SMILES string of the molecule is C=c1[nH]c(=O)c(=C(O)NC)c(=O)[nH]1. The fourth-order valence-corrected chi connectivity index (χ4v) is 0.874. The van der Waals surface area contributed by atoms with E-state index in [1.807, 2.05) is 0 Å². The van der Waals surface area contributed by atoms with E-state index in [1.165, 1.54) is 7.05 Å². The highest BCUT2D eigenvalue weighted by atomic mass is 16.3. The summed E-state index contributed by atoms with van der Waals surface area (Å²) < 4.78 is 0. The molecule has 6 nitrogen and oxygen atoms in total. The molecule has 0 aromatic carbocycles. The Morgan fingerprint density at radius 2 is 1.85 bits per heavy atom. The maximum atomic E-state index is 11.1. The predicted molar refractivity (Wildman–Crippen MR) is 47.6 cm³/mol. The highest BCUT2D eigenvalue weighted by Gasteiger charge is 2.01. The van der Waals surface area contributed by atoms with Crippen molar-refractivity contribution in [2.45, 2.75) is 0 Å². The first-order chi connectivity index (χ1) is 6.06. The van der Waals surface area contributed by atoms with Gasteiger partial charge >= 0.3 is 0 Å². The second-order valence-corrected chi connectivity index (χ2v) is 2.36. The number of H-pyrrole nitrogens is 2. The third-order valence-corrected chi connectivity index (χ3v) is 1.46. The lowest BCUT2D eigenvalue weighted by molar-refractivity contribution is 0.467. The Bertz CT molecular complexity index is 488. The minimum atomic E-state index is -0.680. The summed E-state index contributed by atoms with van der Waals surface area (Å²) in [4.78, 5) is 26.8. The topological polar surface area (TPSA) is 98.0 Å². The second-order valence-electron chi connectivity index (χ2n) is 2.36. The number of aromatic amines is 2. The van der Waals surface area contributed by atoms with Crippen LogP contribution in [0.15, 0.2) is 9.59 Å². The van der Waals surface area contributed by atoms with Gasteiger partial charge in [0.1, 0.15) is 5.48 Å². The number of hydrogen-bond acceptors (Lipinski definition) is 4. The Labute approximate surface area is 72.3 Å². The molecule has 0 aliphatic rings. The lowest BCUT2D eigenvalue weighted by Gasteiger charge is -1.94. The molecule has 0 unspecified atom stereocenters. The molecule has 13 heavy (non-hydrogen) atoms. The van der Waals surface area contributed by atoms with Crippen LogP contribution in [-0.2, 0) is 0 Å². The van der Waals surface area contributed by atoms with Crippen LogP contribution >= 0.6 is 0 Å². The average molecular weight is 183 g/mol. The van der Waals surface area contributed by atoms with Crippen LogP contribution in [0.4, 0.5) is 0 Å². The Hall–Kier alpha value is -1.98. The van der Waals surface area contributed by atoms with Gasteiger partial charge in [-0.05, 0) is 0 Å². The van der Waals surface area contributed by atoms with Crippen molar-refractivity contribution in [3.05, 3.63) is 31.4 Å². The van der Waals surface area contributed by atoms with Gasteiger partial charge in [-0.2, -0.15) is 0 Å². The molecular formula is C7H9N3O3. The van der Waals surface area contributed by atoms with Crippen LogP contribution in [0.1, 0.15) is 0 Å². The van der Waals surface area contributed by atoms with Crippen molar-refractivity contribution >= 4 is 12.5 Å². The third kappa shape index (κ3) is 1.61. The number of aromatic nitrogens is 2. The van der Waals surface area contributed by atoms with Crippen LogP contribution in [0, 0.1) is 0 Å². The van der Waals surface area contributed by atoms with Crippen LogP contribution in [-0.4, -0.2) is 22.1 Å². The lowest BCUT2D eigenvalue weighted by atomic mass is 10.4. The van der Waals surface area contributed by atoms with E-state index in [1.54, 1.807) is 0 Å². The van der Waals surface area contributed by atoms with Gasteiger partial charge in [-0.1, -0.05) is 6.58 Å². The lowest BCUT2D eigenvalue weighted by Crippen LogP contribution is -2.50. The summed E-state index contributed by atoms with van der Waals surface area (Å²) in [7, 11) is 1.40. The van der Waals surface area contributed by atoms with Gasteiger partial charge in [0, 0.05) is 7.05 Å². The summed E-state index contributed by atoms with van der Waals surface area (Å²) in [6.07, 6.45) is 0. The maximum absolute atomic E-state index is 11.1. The molecule has 0 saturated carbocycles. The first-order valence-corrected chi connectivity index (χ1v) is 3.49. The number of rotatable bonds is 1. The van der Waals surface area contributed by atoms with Crippen molar-refractivity contribution in [2.75, 3.05) is 7.05 Å². The smallest absolute Gasteiger partial charge is 0.267 e. The van der Waals surface area contributed by atoms with Gasteiger partial charge in [-0.25, -0.2) is 0 Å². The first-order valence-electron chi connectivity index (χ1n) is 3.49. The molecule has 0 saturated heterocycles. The van der Waals surface area contributed by atoms with Crippen LogP contribution in [0.3, 0.4) is 0 Å². The molecular weight excluding hydrogens is 174 g/mol. The van der Waals surface area contributed by atoms with E-state index in [-0.39, 0.29) is 10.7 Å². The molecule has 0 aliphatic heterocycles. The highest BCUT2D eigenvalue weighted by Crippen LogP contribution is 1.65. The minimum absolute atomic E-state index is 0.0997. The third-order valence-electron chi connectivity index (χ3n) is 1.46. The van der Waals surface area contributed by atoms with Crippen molar-refractivity contribution in [3.8, 4) is 0 Å². The van der Waals surface area contributed by atoms with Crippen LogP contribution < -0.4 is 27.1 Å². The normalized spacial score (nSPS) is 9.62. The molecule has 1 rings (SSSR count). The van der Waals surface area contributed by atoms with Crippen LogP contribution in [0.2, 0.25) is 0 Å². The molecule has 4 N–H and O–H groups in total. The van der Waals surface area contributed by atoms with Crippen molar-refractivity contribution in [3.63, 3.8) is 0 Å². The predicted octanol–water partition coefficient (Wildman–Crippen LogP) is -2.68. The van der Waals surface area contributed by atoms with E-state index in [9.17, 15) is 9.59 Å². The summed E-state index contributed by atoms with van der Waals surface area (Å²) in [6.45, 7) is 3.35. The number of aliphatic hydroxyl groups excluding tert-OH is 1. The van der Waals surface area contributed by atoms with Gasteiger partial charge in [0.2, 0.25) is 5.88 Å². The van der Waals surface area contributed by atoms with Crippen LogP contribution in [0.25, 0.3) is 12.5 Å². The van der Waals surface area contributed by atoms with E-state index in [0.29, 0.717) is 0 Å². The first kappa shape index (κ1) is 9.11. The standard InChI is InChI=1S/C7H9N3O3/c1-3-9-6(12)4(5(11)8-2)7(13)10-3/h8,11H,1H2,2H3,(H,9,12)(H,10,13). The fourth-order valence-electron chi connectivity index (χ4n) is 0.874. The van der Waals surface area contributed by atoms with Gasteiger partial charge in [-0.3, -0.25) is 9.59 Å². The molecule has 0 atom stereocenters. The highest BCUT2D eigenvalue weighted by molar-refractivity contribution is 5.28. The Balaban J connectivity index is 3.88. The fraction of sp³-hybridized carbons (Fsp3) is 0.143. The van der Waals surface area contributed by atoms with Gasteiger partial charge in [0.05, 0.1) is 0 Å². The molecule has 1 aromatic rings. The monoisotopic (exact) mass is 183 g/mol. The van der Waals surface area contributed by atoms with E-state index in [4.69, 9.17) is 5.11 Å². The molecule has 70 valence electrons. The van der Waals surface area contributed by atoms with Crippen molar-refractivity contribution in [1.29, 1.82) is 0 Å². The quantitative estimate of drug-likeness (QED) is 0.381. The Kier molecular flexibility index (Phi) is 2.23. The van der Waals surface area contributed by atoms with Gasteiger partial charge < -0.3 is 20.4 Å². The summed E-state index contributed by atoms with van der Waals surface area (Å²) in [6, 6.07) is 0. The van der Waals surface area contributed by atoms with E-state index < -0.39 is 17.0 Å².